The number of esters is 2. The van der Waals surface area contributed by atoms with Crippen LogP contribution in [0.15, 0.2) is 48.5 Å². The quantitative estimate of drug-likeness (QED) is 0.476. The van der Waals surface area contributed by atoms with Gasteiger partial charge >= 0.3 is 11.9 Å². The number of ether oxygens (including phenoxy) is 2. The van der Waals surface area contributed by atoms with Gasteiger partial charge in [0.25, 0.3) is 11.6 Å². The summed E-state index contributed by atoms with van der Waals surface area (Å²) in [5.41, 5.74) is -0.367. The Labute approximate surface area is 147 Å². The number of methoxy groups -OCH3 is 1. The summed E-state index contributed by atoms with van der Waals surface area (Å²) in [6.45, 7) is -0.680. The molecule has 0 fully saturated rings. The molecule has 1 N–H and O–H groups in total. The van der Waals surface area contributed by atoms with Crippen LogP contribution in [0.2, 0.25) is 0 Å². The summed E-state index contributed by atoms with van der Waals surface area (Å²) in [7, 11) is 1.20. The van der Waals surface area contributed by atoms with Crippen molar-refractivity contribution in [3.8, 4) is 0 Å². The highest BCUT2D eigenvalue weighted by Crippen LogP contribution is 2.19. The third-order valence-corrected chi connectivity index (χ3v) is 3.26. The van der Waals surface area contributed by atoms with Crippen molar-refractivity contribution in [3.05, 3.63) is 69.8 Å². The van der Waals surface area contributed by atoms with E-state index in [9.17, 15) is 24.5 Å². The maximum absolute atomic E-state index is 12.0. The lowest BCUT2D eigenvalue weighted by Crippen LogP contribution is -2.22. The van der Waals surface area contributed by atoms with Crippen molar-refractivity contribution in [3.63, 3.8) is 0 Å². The smallest absolute Gasteiger partial charge is 0.345 e. The maximum Gasteiger partial charge on any atom is 0.345 e. The molecule has 0 unspecified atom stereocenters. The van der Waals surface area contributed by atoms with Crippen LogP contribution in [0.1, 0.15) is 20.7 Å². The van der Waals surface area contributed by atoms with Gasteiger partial charge in [0.15, 0.2) is 6.61 Å². The van der Waals surface area contributed by atoms with Crippen molar-refractivity contribution in [2.75, 3.05) is 19.0 Å². The minimum Gasteiger partial charge on any atom is -0.465 e. The minimum atomic E-state index is -1.01. The normalized spacial score (nSPS) is 9.88. The SMILES string of the molecule is COC(=O)c1ccccc1NC(=O)COC(=O)c1ccccc1[N+](=O)[O-]. The van der Waals surface area contributed by atoms with Gasteiger partial charge in [-0.1, -0.05) is 24.3 Å². The fourth-order valence-electron chi connectivity index (χ4n) is 2.08. The first kappa shape index (κ1) is 18.6. The Morgan fingerprint density at radius 1 is 1.00 bits per heavy atom. The molecule has 26 heavy (non-hydrogen) atoms. The molecule has 0 radical (unpaired) electrons. The molecule has 0 bridgehead atoms. The number of carbonyl (C=O) groups is 3. The van der Waals surface area contributed by atoms with E-state index in [2.05, 4.69) is 10.1 Å². The van der Waals surface area contributed by atoms with Gasteiger partial charge in [-0.05, 0) is 18.2 Å². The molecule has 0 heterocycles. The van der Waals surface area contributed by atoms with E-state index in [1.807, 2.05) is 0 Å². The minimum absolute atomic E-state index is 0.133. The number of hydrogen-bond acceptors (Lipinski definition) is 7. The van der Waals surface area contributed by atoms with Gasteiger partial charge in [0.05, 0.1) is 23.3 Å². The highest BCUT2D eigenvalue weighted by atomic mass is 16.6. The number of anilines is 1. The third kappa shape index (κ3) is 4.41. The van der Waals surface area contributed by atoms with Gasteiger partial charge in [-0.25, -0.2) is 9.59 Å². The number of hydrogen-bond donors (Lipinski definition) is 1. The van der Waals surface area contributed by atoms with Crippen LogP contribution in [-0.2, 0) is 14.3 Å². The number of nitro groups is 1. The lowest BCUT2D eigenvalue weighted by molar-refractivity contribution is -0.385. The van der Waals surface area contributed by atoms with Gasteiger partial charge in [-0.2, -0.15) is 0 Å². The predicted molar refractivity (Wildman–Crippen MR) is 89.8 cm³/mol. The van der Waals surface area contributed by atoms with Crippen molar-refractivity contribution in [1.29, 1.82) is 0 Å². The van der Waals surface area contributed by atoms with E-state index in [1.54, 1.807) is 12.1 Å². The Kier molecular flexibility index (Phi) is 5.99. The molecule has 0 spiro atoms. The van der Waals surface area contributed by atoms with Crippen molar-refractivity contribution in [1.82, 2.24) is 0 Å². The number of amides is 1. The molecule has 0 saturated carbocycles. The van der Waals surface area contributed by atoms with Crippen LogP contribution in [0.25, 0.3) is 0 Å². The van der Waals surface area contributed by atoms with E-state index in [0.717, 1.165) is 6.07 Å². The van der Waals surface area contributed by atoms with Gasteiger partial charge in [0, 0.05) is 6.07 Å². The van der Waals surface area contributed by atoms with E-state index in [0.29, 0.717) is 0 Å². The van der Waals surface area contributed by atoms with Gasteiger partial charge in [-0.15, -0.1) is 0 Å². The zero-order chi connectivity index (χ0) is 19.1. The van der Waals surface area contributed by atoms with E-state index in [4.69, 9.17) is 4.74 Å². The summed E-state index contributed by atoms with van der Waals surface area (Å²) in [6, 6.07) is 11.4. The average Bonchev–Trinajstić information content (AvgIpc) is 2.65. The summed E-state index contributed by atoms with van der Waals surface area (Å²) >= 11 is 0. The molecule has 134 valence electrons. The molecule has 0 aliphatic rings. The van der Waals surface area contributed by atoms with Crippen LogP contribution in [0, 0.1) is 10.1 Å². The fourth-order valence-corrected chi connectivity index (χ4v) is 2.08. The standard InChI is InChI=1S/C17H14N2O7/c1-25-16(21)11-6-2-4-8-13(11)18-15(20)10-26-17(22)12-7-3-5-9-14(12)19(23)24/h2-9H,10H2,1H3,(H,18,20). The van der Waals surface area contributed by atoms with Gasteiger partial charge in [0.1, 0.15) is 5.56 Å². The molecule has 0 aromatic heterocycles. The molecule has 2 aromatic rings. The van der Waals surface area contributed by atoms with Crippen LogP contribution in [0.4, 0.5) is 11.4 Å². The number of para-hydroxylation sites is 2. The van der Waals surface area contributed by atoms with Crippen LogP contribution in [-0.4, -0.2) is 36.5 Å². The highest BCUT2D eigenvalue weighted by molar-refractivity contribution is 6.02. The lowest BCUT2D eigenvalue weighted by Gasteiger charge is -2.10. The van der Waals surface area contributed by atoms with E-state index in [-0.39, 0.29) is 16.8 Å². The second-order valence-electron chi connectivity index (χ2n) is 4.94. The van der Waals surface area contributed by atoms with Crippen LogP contribution >= 0.6 is 0 Å². The second kappa shape index (κ2) is 8.38. The number of nitro benzene ring substituents is 1. The number of carbonyl (C=O) groups excluding carboxylic acids is 3. The molecule has 2 rings (SSSR count). The average molecular weight is 358 g/mol. The molecule has 0 aliphatic heterocycles. The van der Waals surface area contributed by atoms with Crippen LogP contribution in [0.3, 0.4) is 0 Å². The summed E-state index contributed by atoms with van der Waals surface area (Å²) in [5.74, 6) is -2.36. The van der Waals surface area contributed by atoms with Gasteiger partial charge in [-0.3, -0.25) is 14.9 Å². The van der Waals surface area contributed by atoms with Crippen molar-refractivity contribution < 1.29 is 28.8 Å². The Morgan fingerprint density at radius 3 is 2.27 bits per heavy atom. The first-order valence-corrected chi connectivity index (χ1v) is 7.31. The highest BCUT2D eigenvalue weighted by Gasteiger charge is 2.21. The molecule has 2 aromatic carbocycles. The fraction of sp³-hybridized carbons (Fsp3) is 0.118. The van der Waals surface area contributed by atoms with Crippen molar-refractivity contribution in [2.45, 2.75) is 0 Å². The monoisotopic (exact) mass is 358 g/mol. The summed E-state index contributed by atoms with van der Waals surface area (Å²) in [4.78, 5) is 45.8. The van der Waals surface area contributed by atoms with Crippen LogP contribution in [0.5, 0.6) is 0 Å². The largest absolute Gasteiger partial charge is 0.465 e. The summed E-state index contributed by atoms with van der Waals surface area (Å²) in [5, 5.41) is 13.3. The van der Waals surface area contributed by atoms with E-state index in [1.165, 1.54) is 37.4 Å². The number of rotatable bonds is 6. The number of nitrogens with one attached hydrogen (secondary N) is 1. The summed E-state index contributed by atoms with van der Waals surface area (Å²) in [6.07, 6.45) is 0. The van der Waals surface area contributed by atoms with Crippen LogP contribution < -0.4 is 5.32 Å². The second-order valence-corrected chi connectivity index (χ2v) is 4.94. The predicted octanol–water partition coefficient (Wildman–Crippen LogP) is 2.18. The van der Waals surface area contributed by atoms with Gasteiger partial charge < -0.3 is 14.8 Å². The molecular formula is C17H14N2O7. The van der Waals surface area contributed by atoms with E-state index < -0.39 is 35.1 Å². The zero-order valence-electron chi connectivity index (χ0n) is 13.6. The summed E-state index contributed by atoms with van der Waals surface area (Å²) < 4.78 is 9.42. The molecule has 0 atom stereocenters. The van der Waals surface area contributed by atoms with Gasteiger partial charge in [0.2, 0.25) is 0 Å². The number of benzene rings is 2. The lowest BCUT2D eigenvalue weighted by atomic mass is 10.2. The molecule has 0 aliphatic carbocycles. The molecule has 0 saturated heterocycles. The Hall–Kier alpha value is -3.75. The Bertz CT molecular complexity index is 864. The van der Waals surface area contributed by atoms with Crippen molar-refractivity contribution >= 4 is 29.2 Å². The molecule has 9 nitrogen and oxygen atoms in total. The third-order valence-electron chi connectivity index (χ3n) is 3.26. The molecule has 9 heteroatoms. The zero-order valence-corrected chi connectivity index (χ0v) is 13.6. The Morgan fingerprint density at radius 2 is 1.62 bits per heavy atom. The topological polar surface area (TPSA) is 125 Å². The molecular weight excluding hydrogens is 344 g/mol. The Balaban J connectivity index is 2.03. The first-order chi connectivity index (χ1) is 12.4. The number of nitrogens with zero attached hydrogens (tertiary/aromatic N) is 1. The first-order valence-electron chi connectivity index (χ1n) is 7.31. The van der Waals surface area contributed by atoms with Crippen molar-refractivity contribution in [2.24, 2.45) is 0 Å². The van der Waals surface area contributed by atoms with E-state index >= 15 is 0 Å². The maximum atomic E-state index is 12.0. The molecule has 1 amide bonds.